The highest BCUT2D eigenvalue weighted by Gasteiger charge is 2.17. The summed E-state index contributed by atoms with van der Waals surface area (Å²) in [6.45, 7) is 2.88. The molecule has 0 spiro atoms. The van der Waals surface area contributed by atoms with Gasteiger partial charge in [-0.3, -0.25) is 4.79 Å². The molecule has 0 bridgehead atoms. The fourth-order valence-electron chi connectivity index (χ4n) is 2.72. The van der Waals surface area contributed by atoms with Crippen molar-refractivity contribution in [2.24, 2.45) is 0 Å². The van der Waals surface area contributed by atoms with Gasteiger partial charge in [0.25, 0.3) is 0 Å². The molecule has 7 heteroatoms. The molecule has 4 nitrogen and oxygen atoms in total. The Labute approximate surface area is 161 Å². The number of morpholine rings is 1. The molecule has 0 radical (unpaired) electrons. The van der Waals surface area contributed by atoms with Gasteiger partial charge in [-0.2, -0.15) is 0 Å². The Morgan fingerprint density at radius 1 is 1.04 bits per heavy atom. The van der Waals surface area contributed by atoms with Crippen molar-refractivity contribution < 1.29 is 9.53 Å². The van der Waals surface area contributed by atoms with E-state index in [-0.39, 0.29) is 12.3 Å². The third-order valence-electron chi connectivity index (χ3n) is 3.93. The van der Waals surface area contributed by atoms with E-state index in [2.05, 4.69) is 10.2 Å². The number of amides is 1. The van der Waals surface area contributed by atoms with Gasteiger partial charge in [-0.05, 0) is 35.9 Å². The molecule has 1 aliphatic heterocycles. The third kappa shape index (κ3) is 4.79. The highest BCUT2D eigenvalue weighted by Crippen LogP contribution is 2.30. The van der Waals surface area contributed by atoms with E-state index in [0.29, 0.717) is 34.0 Å². The number of carbonyl (C=O) groups excluding carboxylic acids is 1. The largest absolute Gasteiger partial charge is 0.378 e. The van der Waals surface area contributed by atoms with Crippen LogP contribution in [0.15, 0.2) is 36.4 Å². The fourth-order valence-corrected chi connectivity index (χ4v) is 3.21. The highest BCUT2D eigenvalue weighted by atomic mass is 35.5. The van der Waals surface area contributed by atoms with Gasteiger partial charge >= 0.3 is 0 Å². The van der Waals surface area contributed by atoms with E-state index in [4.69, 9.17) is 39.5 Å². The number of carbonyl (C=O) groups is 1. The lowest BCUT2D eigenvalue weighted by molar-refractivity contribution is -0.115. The maximum Gasteiger partial charge on any atom is 0.228 e. The number of hydrogen-bond acceptors (Lipinski definition) is 3. The summed E-state index contributed by atoms with van der Waals surface area (Å²) in [5, 5.41) is 4.42. The first-order valence-corrected chi connectivity index (χ1v) is 9.02. The number of nitrogens with zero attached hydrogens (tertiary/aromatic N) is 1. The van der Waals surface area contributed by atoms with Gasteiger partial charge in [-0.1, -0.05) is 40.9 Å². The fraction of sp³-hybridized carbons (Fsp3) is 0.278. The summed E-state index contributed by atoms with van der Waals surface area (Å²) in [6, 6.07) is 10.7. The van der Waals surface area contributed by atoms with Crippen LogP contribution in [-0.2, 0) is 16.0 Å². The Morgan fingerprint density at radius 2 is 1.80 bits per heavy atom. The Hall–Kier alpha value is -1.46. The highest BCUT2D eigenvalue weighted by molar-refractivity contribution is 6.42. The van der Waals surface area contributed by atoms with Crippen molar-refractivity contribution in [2.75, 3.05) is 36.5 Å². The van der Waals surface area contributed by atoms with Gasteiger partial charge in [-0.25, -0.2) is 0 Å². The molecule has 1 aliphatic rings. The average Bonchev–Trinajstić information content (AvgIpc) is 2.59. The van der Waals surface area contributed by atoms with Crippen molar-refractivity contribution in [1.29, 1.82) is 0 Å². The minimum Gasteiger partial charge on any atom is -0.378 e. The summed E-state index contributed by atoms with van der Waals surface area (Å²) < 4.78 is 5.39. The van der Waals surface area contributed by atoms with Crippen molar-refractivity contribution >= 4 is 52.1 Å². The predicted octanol–water partition coefficient (Wildman–Crippen LogP) is 4.66. The zero-order chi connectivity index (χ0) is 17.8. The summed E-state index contributed by atoms with van der Waals surface area (Å²) in [5.74, 6) is -0.143. The normalized spacial score (nSPS) is 14.4. The van der Waals surface area contributed by atoms with Crippen molar-refractivity contribution in [2.45, 2.75) is 6.42 Å². The van der Waals surface area contributed by atoms with Crippen LogP contribution in [0.5, 0.6) is 0 Å². The number of hydrogen-bond donors (Lipinski definition) is 1. The number of rotatable bonds is 4. The summed E-state index contributed by atoms with van der Waals surface area (Å²) in [5.41, 5.74) is 2.43. The second kappa shape index (κ2) is 8.28. The van der Waals surface area contributed by atoms with Crippen LogP contribution in [0.25, 0.3) is 0 Å². The molecule has 0 aliphatic carbocycles. The minimum absolute atomic E-state index is 0.143. The van der Waals surface area contributed by atoms with Crippen LogP contribution < -0.4 is 10.2 Å². The molecule has 0 saturated carbocycles. The zero-order valence-electron chi connectivity index (χ0n) is 13.4. The molecule has 132 valence electrons. The smallest absolute Gasteiger partial charge is 0.228 e. The lowest BCUT2D eigenvalue weighted by Crippen LogP contribution is -2.36. The maximum absolute atomic E-state index is 12.5. The SMILES string of the molecule is O=C(Cc1ccc(Cl)c(Cl)c1)Nc1cc(Cl)ccc1N1CCOCC1. The van der Waals surface area contributed by atoms with E-state index in [1.807, 2.05) is 12.1 Å². The zero-order valence-corrected chi connectivity index (χ0v) is 15.7. The summed E-state index contributed by atoms with van der Waals surface area (Å²) >= 11 is 18.0. The van der Waals surface area contributed by atoms with Gasteiger partial charge in [0, 0.05) is 18.1 Å². The summed E-state index contributed by atoms with van der Waals surface area (Å²) in [6.07, 6.45) is 0.200. The van der Waals surface area contributed by atoms with E-state index in [1.54, 1.807) is 24.3 Å². The van der Waals surface area contributed by atoms with E-state index in [9.17, 15) is 4.79 Å². The molecule has 1 heterocycles. The van der Waals surface area contributed by atoms with Gasteiger partial charge in [0.05, 0.1) is 41.1 Å². The van der Waals surface area contributed by atoms with E-state index in [1.165, 1.54) is 0 Å². The first-order valence-electron chi connectivity index (χ1n) is 7.89. The van der Waals surface area contributed by atoms with Gasteiger partial charge in [0.1, 0.15) is 0 Å². The Kier molecular flexibility index (Phi) is 6.07. The van der Waals surface area contributed by atoms with Crippen LogP contribution in [0, 0.1) is 0 Å². The van der Waals surface area contributed by atoms with Crippen LogP contribution >= 0.6 is 34.8 Å². The molecule has 1 N–H and O–H groups in total. The van der Waals surface area contributed by atoms with Gasteiger partial charge < -0.3 is 15.0 Å². The molecule has 1 fully saturated rings. The van der Waals surface area contributed by atoms with Gasteiger partial charge in [0.15, 0.2) is 0 Å². The lowest BCUT2D eigenvalue weighted by atomic mass is 10.1. The molecule has 2 aromatic rings. The second-order valence-corrected chi connectivity index (χ2v) is 6.99. The quantitative estimate of drug-likeness (QED) is 0.812. The van der Waals surface area contributed by atoms with Gasteiger partial charge in [0.2, 0.25) is 5.91 Å². The predicted molar refractivity (Wildman–Crippen MR) is 103 cm³/mol. The van der Waals surface area contributed by atoms with Gasteiger partial charge in [-0.15, -0.1) is 0 Å². The first kappa shape index (κ1) is 18.3. The van der Waals surface area contributed by atoms with Crippen LogP contribution in [0.4, 0.5) is 11.4 Å². The van der Waals surface area contributed by atoms with E-state index in [0.717, 1.165) is 24.3 Å². The number of benzene rings is 2. The number of anilines is 2. The van der Waals surface area contributed by atoms with Crippen LogP contribution in [0.3, 0.4) is 0 Å². The molecular formula is C18H17Cl3N2O2. The molecule has 1 amide bonds. The Bertz CT molecular complexity index is 777. The summed E-state index contributed by atoms with van der Waals surface area (Å²) in [4.78, 5) is 14.6. The topological polar surface area (TPSA) is 41.6 Å². The standard InChI is InChI=1S/C18H17Cl3N2O2/c19-13-2-4-17(23-5-7-25-8-6-23)16(11-13)22-18(24)10-12-1-3-14(20)15(21)9-12/h1-4,9,11H,5-8,10H2,(H,22,24). The van der Waals surface area contributed by atoms with E-state index >= 15 is 0 Å². The van der Waals surface area contributed by atoms with Crippen molar-refractivity contribution in [3.63, 3.8) is 0 Å². The van der Waals surface area contributed by atoms with E-state index < -0.39 is 0 Å². The van der Waals surface area contributed by atoms with Crippen LogP contribution in [0.2, 0.25) is 15.1 Å². The molecule has 0 atom stereocenters. The van der Waals surface area contributed by atoms with Crippen molar-refractivity contribution in [3.8, 4) is 0 Å². The number of ether oxygens (including phenoxy) is 1. The molecular weight excluding hydrogens is 383 g/mol. The minimum atomic E-state index is -0.143. The molecule has 3 rings (SSSR count). The monoisotopic (exact) mass is 398 g/mol. The number of halogens is 3. The summed E-state index contributed by atoms with van der Waals surface area (Å²) in [7, 11) is 0. The van der Waals surface area contributed by atoms with Crippen molar-refractivity contribution in [3.05, 3.63) is 57.0 Å². The molecule has 1 saturated heterocycles. The first-order chi connectivity index (χ1) is 12.0. The lowest BCUT2D eigenvalue weighted by Gasteiger charge is -2.30. The molecule has 25 heavy (non-hydrogen) atoms. The number of nitrogens with one attached hydrogen (secondary N) is 1. The molecule has 0 unspecified atom stereocenters. The Balaban J connectivity index is 1.75. The average molecular weight is 400 g/mol. The van der Waals surface area contributed by atoms with Crippen molar-refractivity contribution in [1.82, 2.24) is 0 Å². The second-order valence-electron chi connectivity index (χ2n) is 5.73. The maximum atomic E-state index is 12.5. The third-order valence-corrected chi connectivity index (χ3v) is 4.91. The molecule has 2 aromatic carbocycles. The Morgan fingerprint density at radius 3 is 2.52 bits per heavy atom. The van der Waals surface area contributed by atoms with Crippen LogP contribution in [0.1, 0.15) is 5.56 Å². The van der Waals surface area contributed by atoms with Crippen LogP contribution in [-0.4, -0.2) is 32.2 Å². The molecule has 0 aromatic heterocycles.